The maximum atomic E-state index is 13.0. The van der Waals surface area contributed by atoms with E-state index in [-0.39, 0.29) is 23.0 Å². The lowest BCUT2D eigenvalue weighted by molar-refractivity contribution is 0.100. The second-order valence-corrected chi connectivity index (χ2v) is 7.50. The van der Waals surface area contributed by atoms with Gasteiger partial charge >= 0.3 is 0 Å². The van der Waals surface area contributed by atoms with Crippen molar-refractivity contribution in [2.45, 2.75) is 6.42 Å². The van der Waals surface area contributed by atoms with Gasteiger partial charge in [0.05, 0.1) is 27.1 Å². The predicted molar refractivity (Wildman–Crippen MR) is 106 cm³/mol. The number of methoxy groups -OCH3 is 2. The SMILES string of the molecule is C=CCCOc1ccc(C(=O)N(c2ccc(OC)nc2OC)S(C)(=O)=O)cc1. The van der Waals surface area contributed by atoms with Crippen molar-refractivity contribution in [3.63, 3.8) is 0 Å². The molecule has 0 bridgehead atoms. The number of amides is 1. The van der Waals surface area contributed by atoms with E-state index in [4.69, 9.17) is 14.2 Å². The summed E-state index contributed by atoms with van der Waals surface area (Å²) in [6, 6.07) is 9.02. The van der Waals surface area contributed by atoms with Gasteiger partial charge in [-0.15, -0.1) is 6.58 Å². The number of sulfonamides is 1. The zero-order valence-corrected chi connectivity index (χ0v) is 16.7. The summed E-state index contributed by atoms with van der Waals surface area (Å²) in [5, 5.41) is 0. The van der Waals surface area contributed by atoms with Crippen molar-refractivity contribution in [1.29, 1.82) is 0 Å². The van der Waals surface area contributed by atoms with Gasteiger partial charge in [0, 0.05) is 11.6 Å². The molecule has 0 atom stereocenters. The van der Waals surface area contributed by atoms with Gasteiger partial charge in [-0.05, 0) is 36.8 Å². The van der Waals surface area contributed by atoms with Crippen LogP contribution in [0.2, 0.25) is 0 Å². The second kappa shape index (κ2) is 9.23. The molecule has 28 heavy (non-hydrogen) atoms. The summed E-state index contributed by atoms with van der Waals surface area (Å²) in [5.41, 5.74) is 0.154. The molecule has 0 N–H and O–H groups in total. The normalized spacial score (nSPS) is 10.8. The molecule has 1 aromatic heterocycles. The van der Waals surface area contributed by atoms with Crippen LogP contribution in [0, 0.1) is 0 Å². The minimum absolute atomic E-state index is 0.0119. The molecule has 0 aliphatic heterocycles. The van der Waals surface area contributed by atoms with Gasteiger partial charge in [0.25, 0.3) is 5.91 Å². The highest BCUT2D eigenvalue weighted by Crippen LogP contribution is 2.31. The van der Waals surface area contributed by atoms with Crippen molar-refractivity contribution in [3.05, 3.63) is 54.6 Å². The molecule has 0 unspecified atom stereocenters. The summed E-state index contributed by atoms with van der Waals surface area (Å²) in [6.07, 6.45) is 3.35. The maximum absolute atomic E-state index is 13.0. The van der Waals surface area contributed by atoms with Gasteiger partial charge in [-0.2, -0.15) is 9.29 Å². The molecule has 0 aliphatic rings. The molecular formula is C19H22N2O6S. The lowest BCUT2D eigenvalue weighted by atomic mass is 10.2. The van der Waals surface area contributed by atoms with Crippen LogP contribution in [-0.2, 0) is 10.0 Å². The molecule has 2 aromatic rings. The molecule has 0 aliphatic carbocycles. The Hall–Kier alpha value is -3.07. The van der Waals surface area contributed by atoms with E-state index in [1.807, 2.05) is 0 Å². The van der Waals surface area contributed by atoms with Crippen molar-refractivity contribution in [3.8, 4) is 17.5 Å². The standard InChI is InChI=1S/C19H22N2O6S/c1-5-6-13-27-15-9-7-14(8-10-15)19(22)21(28(4,23)24)16-11-12-17(25-2)20-18(16)26-3/h5,7-12H,1,6,13H2,2-4H3. The number of benzene rings is 1. The Morgan fingerprint density at radius 3 is 2.36 bits per heavy atom. The Morgan fingerprint density at radius 2 is 1.82 bits per heavy atom. The lowest BCUT2D eigenvalue weighted by Crippen LogP contribution is -2.36. The molecule has 0 spiro atoms. The van der Waals surface area contributed by atoms with Crippen LogP contribution in [0.15, 0.2) is 49.1 Å². The first-order valence-corrected chi connectivity index (χ1v) is 10.1. The number of carbonyl (C=O) groups is 1. The summed E-state index contributed by atoms with van der Waals surface area (Å²) in [6.45, 7) is 4.07. The van der Waals surface area contributed by atoms with E-state index in [1.165, 1.54) is 38.5 Å². The van der Waals surface area contributed by atoms with Crippen LogP contribution >= 0.6 is 0 Å². The summed E-state index contributed by atoms with van der Waals surface area (Å²) in [4.78, 5) is 17.0. The van der Waals surface area contributed by atoms with Crippen LogP contribution in [0.25, 0.3) is 0 Å². The average Bonchev–Trinajstić information content (AvgIpc) is 2.68. The lowest BCUT2D eigenvalue weighted by Gasteiger charge is -2.22. The summed E-state index contributed by atoms with van der Waals surface area (Å²) >= 11 is 0. The van der Waals surface area contributed by atoms with Crippen LogP contribution in [0.4, 0.5) is 5.69 Å². The smallest absolute Gasteiger partial charge is 0.272 e. The van der Waals surface area contributed by atoms with Crippen molar-refractivity contribution >= 4 is 21.6 Å². The van der Waals surface area contributed by atoms with E-state index in [0.717, 1.165) is 6.26 Å². The first kappa shape index (κ1) is 21.2. The third kappa shape index (κ3) is 5.01. The Bertz CT molecular complexity index is 941. The zero-order chi connectivity index (χ0) is 20.7. The van der Waals surface area contributed by atoms with E-state index in [2.05, 4.69) is 11.6 Å². The molecule has 150 valence electrons. The number of hydrogen-bond acceptors (Lipinski definition) is 7. The van der Waals surface area contributed by atoms with Crippen LogP contribution < -0.4 is 18.5 Å². The van der Waals surface area contributed by atoms with Gasteiger partial charge in [-0.25, -0.2) is 8.42 Å². The third-order valence-corrected chi connectivity index (χ3v) is 4.67. The van der Waals surface area contributed by atoms with Crippen molar-refractivity contribution < 1.29 is 27.4 Å². The van der Waals surface area contributed by atoms with Gasteiger partial charge in [0.2, 0.25) is 21.8 Å². The first-order valence-electron chi connectivity index (χ1n) is 8.29. The molecule has 2 rings (SSSR count). The Morgan fingerprint density at radius 1 is 1.14 bits per heavy atom. The summed E-state index contributed by atoms with van der Waals surface area (Å²) < 4.78 is 41.0. The van der Waals surface area contributed by atoms with Crippen LogP contribution in [-0.4, -0.2) is 46.4 Å². The van der Waals surface area contributed by atoms with E-state index in [1.54, 1.807) is 18.2 Å². The molecule has 9 heteroatoms. The Balaban J connectivity index is 2.39. The first-order chi connectivity index (χ1) is 13.3. The quantitative estimate of drug-likeness (QED) is 0.467. The van der Waals surface area contributed by atoms with Gasteiger partial charge in [-0.3, -0.25) is 4.79 Å². The molecule has 1 amide bonds. The number of nitrogens with zero attached hydrogens (tertiary/aromatic N) is 2. The topological polar surface area (TPSA) is 95.0 Å². The molecular weight excluding hydrogens is 384 g/mol. The highest BCUT2D eigenvalue weighted by Gasteiger charge is 2.30. The van der Waals surface area contributed by atoms with Gasteiger partial charge in [-0.1, -0.05) is 6.08 Å². The van der Waals surface area contributed by atoms with E-state index >= 15 is 0 Å². The molecule has 0 fully saturated rings. The van der Waals surface area contributed by atoms with Crippen LogP contribution in [0.5, 0.6) is 17.5 Å². The number of rotatable bonds is 9. The molecule has 0 saturated heterocycles. The van der Waals surface area contributed by atoms with Gasteiger partial charge in [0.1, 0.15) is 11.4 Å². The van der Waals surface area contributed by atoms with Crippen molar-refractivity contribution in [2.75, 3.05) is 31.4 Å². The largest absolute Gasteiger partial charge is 0.493 e. The molecule has 0 saturated carbocycles. The fourth-order valence-electron chi connectivity index (χ4n) is 2.34. The van der Waals surface area contributed by atoms with E-state index in [9.17, 15) is 13.2 Å². The third-order valence-electron chi connectivity index (χ3n) is 3.64. The van der Waals surface area contributed by atoms with E-state index < -0.39 is 15.9 Å². The summed E-state index contributed by atoms with van der Waals surface area (Å²) in [5.74, 6) is -0.0107. The monoisotopic (exact) mass is 406 g/mol. The van der Waals surface area contributed by atoms with Crippen LogP contribution in [0.3, 0.4) is 0 Å². The number of anilines is 1. The highest BCUT2D eigenvalue weighted by atomic mass is 32.2. The number of pyridine rings is 1. The van der Waals surface area contributed by atoms with Crippen LogP contribution in [0.1, 0.15) is 16.8 Å². The minimum Gasteiger partial charge on any atom is -0.493 e. The highest BCUT2D eigenvalue weighted by molar-refractivity contribution is 7.92. The number of carbonyl (C=O) groups excluding carboxylic acids is 1. The number of aromatic nitrogens is 1. The molecule has 0 radical (unpaired) electrons. The maximum Gasteiger partial charge on any atom is 0.272 e. The molecule has 8 nitrogen and oxygen atoms in total. The van der Waals surface area contributed by atoms with Gasteiger partial charge in [0.15, 0.2) is 0 Å². The van der Waals surface area contributed by atoms with Gasteiger partial charge < -0.3 is 14.2 Å². The van der Waals surface area contributed by atoms with E-state index in [0.29, 0.717) is 23.1 Å². The molecule has 1 aromatic carbocycles. The molecule has 1 heterocycles. The minimum atomic E-state index is -3.96. The second-order valence-electron chi connectivity index (χ2n) is 5.66. The predicted octanol–water partition coefficient (Wildman–Crippen LogP) is 2.66. The Kier molecular flexibility index (Phi) is 7.00. The Labute approximate surface area is 164 Å². The van der Waals surface area contributed by atoms with Crippen molar-refractivity contribution in [2.24, 2.45) is 0 Å². The van der Waals surface area contributed by atoms with Crippen molar-refractivity contribution in [1.82, 2.24) is 4.98 Å². The fraction of sp³-hybridized carbons (Fsp3) is 0.263. The number of hydrogen-bond donors (Lipinski definition) is 0. The average molecular weight is 406 g/mol. The number of ether oxygens (including phenoxy) is 3. The zero-order valence-electron chi connectivity index (χ0n) is 15.9. The summed E-state index contributed by atoms with van der Waals surface area (Å²) in [7, 11) is -1.22. The fourth-order valence-corrected chi connectivity index (χ4v) is 3.25.